The highest BCUT2D eigenvalue weighted by Gasteiger charge is 2.16. The van der Waals surface area contributed by atoms with E-state index in [4.69, 9.17) is 33.0 Å². The number of hydrogen-bond donors (Lipinski definition) is 1. The maximum Gasteiger partial charge on any atom is 0.341 e. The fraction of sp³-hybridized carbons (Fsp3) is 0. The lowest BCUT2D eigenvalue weighted by Crippen LogP contribution is -2.02. The number of benzene rings is 1. The molecule has 8 heteroatoms. The predicted octanol–water partition coefficient (Wildman–Crippen LogP) is 5.40. The first-order valence-corrected chi connectivity index (χ1v) is 7.44. The van der Waals surface area contributed by atoms with Crippen LogP contribution in [0.4, 0.5) is 0 Å². The number of halogens is 4. The summed E-state index contributed by atoms with van der Waals surface area (Å²) in [5, 5.41) is 9.80. The number of ether oxygens (including phenoxy) is 1. The minimum absolute atomic E-state index is 0.0685. The number of carboxylic acid groups (broad SMARTS) is 1. The second-order valence-corrected chi connectivity index (χ2v) is 6.19. The third-order valence-electron chi connectivity index (χ3n) is 2.23. The Morgan fingerprint density at radius 2 is 1.90 bits per heavy atom. The number of pyridine rings is 1. The molecule has 0 aliphatic heterocycles. The Balaban J connectivity index is 2.45. The molecule has 1 N–H and O–H groups in total. The number of aromatic carboxylic acids is 1. The van der Waals surface area contributed by atoms with Gasteiger partial charge in [0.2, 0.25) is 5.88 Å². The molecule has 2 rings (SSSR count). The van der Waals surface area contributed by atoms with Gasteiger partial charge < -0.3 is 9.84 Å². The number of carbonyl (C=O) groups is 1. The van der Waals surface area contributed by atoms with Crippen LogP contribution in [0.3, 0.4) is 0 Å². The van der Waals surface area contributed by atoms with E-state index >= 15 is 0 Å². The van der Waals surface area contributed by atoms with Gasteiger partial charge in [-0.25, -0.2) is 9.78 Å². The van der Waals surface area contributed by atoms with Gasteiger partial charge in [0.25, 0.3) is 0 Å². The topological polar surface area (TPSA) is 59.4 Å². The molecule has 0 saturated carbocycles. The Morgan fingerprint density at radius 3 is 2.55 bits per heavy atom. The summed E-state index contributed by atoms with van der Waals surface area (Å²) in [6, 6.07) is 4.42. The summed E-state index contributed by atoms with van der Waals surface area (Å²) >= 11 is 18.3. The molecule has 0 saturated heterocycles. The smallest absolute Gasteiger partial charge is 0.341 e. The molecular formula is C12H5Br2Cl2NO3. The van der Waals surface area contributed by atoms with Crippen molar-refractivity contribution in [2.45, 2.75) is 0 Å². The normalized spacial score (nSPS) is 10.4. The van der Waals surface area contributed by atoms with Crippen LogP contribution in [0.1, 0.15) is 10.4 Å². The third-order valence-corrected chi connectivity index (χ3v) is 4.16. The van der Waals surface area contributed by atoms with Crippen LogP contribution in [-0.2, 0) is 0 Å². The predicted molar refractivity (Wildman–Crippen MR) is 83.1 cm³/mol. The van der Waals surface area contributed by atoms with E-state index in [1.54, 1.807) is 6.07 Å². The molecule has 0 spiro atoms. The fourth-order valence-electron chi connectivity index (χ4n) is 1.35. The maximum absolute atomic E-state index is 11.2. The molecule has 2 aromatic rings. The van der Waals surface area contributed by atoms with E-state index in [-0.39, 0.29) is 22.2 Å². The zero-order valence-electron chi connectivity index (χ0n) is 9.53. The number of aromatic nitrogens is 1. The Hall–Kier alpha value is -0.820. The van der Waals surface area contributed by atoms with E-state index < -0.39 is 5.97 Å². The Morgan fingerprint density at radius 1 is 1.20 bits per heavy atom. The van der Waals surface area contributed by atoms with Crippen molar-refractivity contribution in [3.63, 3.8) is 0 Å². The molecule has 0 unspecified atom stereocenters. The Kier molecular flexibility index (Phi) is 4.90. The van der Waals surface area contributed by atoms with Crippen LogP contribution in [0.5, 0.6) is 11.6 Å². The van der Waals surface area contributed by atoms with Crippen LogP contribution in [0.25, 0.3) is 0 Å². The van der Waals surface area contributed by atoms with E-state index in [2.05, 4.69) is 36.8 Å². The lowest BCUT2D eigenvalue weighted by Gasteiger charge is -2.10. The summed E-state index contributed by atoms with van der Waals surface area (Å²) in [6.07, 6.45) is 1.43. The third kappa shape index (κ3) is 3.44. The highest BCUT2D eigenvalue weighted by molar-refractivity contribution is 9.10. The number of hydrogen-bond acceptors (Lipinski definition) is 3. The monoisotopic (exact) mass is 439 g/mol. The zero-order chi connectivity index (χ0) is 14.9. The summed E-state index contributed by atoms with van der Waals surface area (Å²) in [4.78, 5) is 15.1. The molecule has 104 valence electrons. The maximum atomic E-state index is 11.2. The molecule has 1 aromatic heterocycles. The van der Waals surface area contributed by atoms with E-state index in [0.29, 0.717) is 14.0 Å². The Bertz CT molecular complexity index is 695. The van der Waals surface area contributed by atoms with E-state index in [0.717, 1.165) is 0 Å². The SMILES string of the molecule is O=C(O)c1cc(Br)cnc1Oc1cc(Cl)c(Br)cc1Cl. The van der Waals surface area contributed by atoms with Gasteiger partial charge in [-0.3, -0.25) is 0 Å². The molecule has 4 nitrogen and oxygen atoms in total. The summed E-state index contributed by atoms with van der Waals surface area (Å²) in [5.74, 6) is -1.01. The number of rotatable bonds is 3. The van der Waals surface area contributed by atoms with Crippen molar-refractivity contribution in [2.24, 2.45) is 0 Å². The molecule has 1 aromatic carbocycles. The minimum atomic E-state index is -1.16. The van der Waals surface area contributed by atoms with Crippen molar-refractivity contribution in [3.05, 3.63) is 49.0 Å². The van der Waals surface area contributed by atoms with Crippen LogP contribution in [-0.4, -0.2) is 16.1 Å². The number of carboxylic acids is 1. The molecule has 1 heterocycles. The minimum Gasteiger partial charge on any atom is -0.477 e. The first-order valence-electron chi connectivity index (χ1n) is 5.09. The van der Waals surface area contributed by atoms with Crippen LogP contribution in [0.15, 0.2) is 33.3 Å². The first-order chi connectivity index (χ1) is 9.38. The van der Waals surface area contributed by atoms with Crippen LogP contribution >= 0.6 is 55.1 Å². The summed E-state index contributed by atoms with van der Waals surface area (Å²) in [7, 11) is 0. The van der Waals surface area contributed by atoms with Gasteiger partial charge >= 0.3 is 5.97 Å². The van der Waals surface area contributed by atoms with E-state index in [1.807, 2.05) is 0 Å². The van der Waals surface area contributed by atoms with Crippen molar-refractivity contribution in [1.82, 2.24) is 4.98 Å². The largest absolute Gasteiger partial charge is 0.477 e. The summed E-state index contributed by atoms with van der Waals surface area (Å²) < 4.78 is 6.58. The molecule has 0 radical (unpaired) electrons. The van der Waals surface area contributed by atoms with Gasteiger partial charge in [0.05, 0.1) is 10.0 Å². The molecule has 0 atom stereocenters. The van der Waals surface area contributed by atoms with Crippen molar-refractivity contribution < 1.29 is 14.6 Å². The van der Waals surface area contributed by atoms with Crippen LogP contribution in [0, 0.1) is 0 Å². The van der Waals surface area contributed by atoms with Crippen molar-refractivity contribution in [3.8, 4) is 11.6 Å². The number of nitrogens with zero attached hydrogens (tertiary/aromatic N) is 1. The Labute approximate surface area is 140 Å². The quantitative estimate of drug-likeness (QED) is 0.647. The van der Waals surface area contributed by atoms with Gasteiger partial charge in [-0.2, -0.15) is 0 Å². The highest BCUT2D eigenvalue weighted by atomic mass is 79.9. The van der Waals surface area contributed by atoms with Gasteiger partial charge in [-0.15, -0.1) is 0 Å². The average molecular weight is 442 g/mol. The van der Waals surface area contributed by atoms with Gasteiger partial charge in [0.15, 0.2) is 0 Å². The van der Waals surface area contributed by atoms with Crippen molar-refractivity contribution in [2.75, 3.05) is 0 Å². The van der Waals surface area contributed by atoms with Gasteiger partial charge in [0.1, 0.15) is 11.3 Å². The first kappa shape index (κ1) is 15.6. The molecule has 20 heavy (non-hydrogen) atoms. The molecule has 0 aliphatic rings. The van der Waals surface area contributed by atoms with E-state index in [9.17, 15) is 4.79 Å². The van der Waals surface area contributed by atoms with Gasteiger partial charge in [-0.05, 0) is 44.0 Å². The molecule has 0 fully saturated rings. The van der Waals surface area contributed by atoms with Crippen LogP contribution in [0.2, 0.25) is 10.0 Å². The second kappa shape index (κ2) is 6.30. The average Bonchev–Trinajstić information content (AvgIpc) is 2.37. The van der Waals surface area contributed by atoms with Crippen molar-refractivity contribution >= 4 is 61.0 Å². The molecule has 0 aliphatic carbocycles. The highest BCUT2D eigenvalue weighted by Crippen LogP contribution is 2.37. The lowest BCUT2D eigenvalue weighted by molar-refractivity contribution is 0.0693. The molecule has 0 amide bonds. The van der Waals surface area contributed by atoms with Gasteiger partial charge in [0, 0.05) is 21.2 Å². The molecular weight excluding hydrogens is 437 g/mol. The molecule has 0 bridgehead atoms. The van der Waals surface area contributed by atoms with Crippen molar-refractivity contribution in [1.29, 1.82) is 0 Å². The summed E-state index contributed by atoms with van der Waals surface area (Å²) in [5.41, 5.74) is -0.0884. The second-order valence-electron chi connectivity index (χ2n) is 3.61. The van der Waals surface area contributed by atoms with Gasteiger partial charge in [-0.1, -0.05) is 23.2 Å². The van der Waals surface area contributed by atoms with E-state index in [1.165, 1.54) is 18.3 Å². The van der Waals surface area contributed by atoms with Crippen LogP contribution < -0.4 is 4.74 Å². The fourth-order valence-corrected chi connectivity index (χ4v) is 2.51. The summed E-state index contributed by atoms with van der Waals surface area (Å²) in [6.45, 7) is 0. The zero-order valence-corrected chi connectivity index (χ0v) is 14.2. The lowest BCUT2D eigenvalue weighted by atomic mass is 10.3. The standard InChI is InChI=1S/C12H5Br2Cl2NO3/c13-5-1-6(12(18)19)11(17-4-5)20-10-3-8(15)7(14)2-9(10)16/h1-4H,(H,18,19).